The van der Waals surface area contributed by atoms with Crippen molar-refractivity contribution in [3.8, 4) is 12.3 Å². The lowest BCUT2D eigenvalue weighted by Crippen LogP contribution is -2.46. The third kappa shape index (κ3) is 5.08. The van der Waals surface area contributed by atoms with Gasteiger partial charge in [-0.3, -0.25) is 4.79 Å². The van der Waals surface area contributed by atoms with Crippen LogP contribution < -0.4 is 0 Å². The first-order valence-electron chi connectivity index (χ1n) is 9.47. The van der Waals surface area contributed by atoms with Gasteiger partial charge in [0.1, 0.15) is 10.8 Å². The normalized spacial score (nSPS) is 20.2. The molecular weight excluding hydrogens is 420 g/mol. The highest BCUT2D eigenvalue weighted by Crippen LogP contribution is 2.31. The second-order valence-corrected chi connectivity index (χ2v) is 11.1. The second-order valence-electron chi connectivity index (χ2n) is 7.22. The van der Waals surface area contributed by atoms with Crippen LogP contribution in [0.5, 0.6) is 0 Å². The molecule has 0 N–H and O–H groups in total. The molecule has 3 rings (SSSR count). The van der Waals surface area contributed by atoms with E-state index < -0.39 is 10.0 Å². The fourth-order valence-corrected chi connectivity index (χ4v) is 6.88. The van der Waals surface area contributed by atoms with Gasteiger partial charge < -0.3 is 9.64 Å². The SMILES string of the molecule is C#CCOCC1CCN(C(=O)C2CCN(S(=O)(=O)c3ccc(Cl)s3)CC2)CC1. The van der Waals surface area contributed by atoms with E-state index in [-0.39, 0.29) is 16.0 Å². The minimum Gasteiger partial charge on any atom is -0.369 e. The minimum atomic E-state index is -3.52. The summed E-state index contributed by atoms with van der Waals surface area (Å²) in [6.45, 7) is 3.17. The van der Waals surface area contributed by atoms with E-state index in [2.05, 4.69) is 5.92 Å². The Kier molecular flexibility index (Phi) is 7.40. The monoisotopic (exact) mass is 444 g/mol. The van der Waals surface area contributed by atoms with Crippen molar-refractivity contribution in [3.63, 3.8) is 0 Å². The quantitative estimate of drug-likeness (QED) is 0.499. The van der Waals surface area contributed by atoms with Gasteiger partial charge in [-0.15, -0.1) is 17.8 Å². The molecule has 2 aliphatic rings. The molecule has 0 bridgehead atoms. The van der Waals surface area contributed by atoms with Gasteiger partial charge >= 0.3 is 0 Å². The summed E-state index contributed by atoms with van der Waals surface area (Å²) < 4.78 is 33.0. The lowest BCUT2D eigenvalue weighted by atomic mass is 9.93. The number of hydrogen-bond donors (Lipinski definition) is 0. The van der Waals surface area contributed by atoms with Gasteiger partial charge in [0.2, 0.25) is 5.91 Å². The molecule has 1 aromatic heterocycles. The Hall–Kier alpha value is -1.11. The summed E-state index contributed by atoms with van der Waals surface area (Å²) in [5.74, 6) is 2.96. The number of rotatable bonds is 6. The van der Waals surface area contributed by atoms with Crippen molar-refractivity contribution in [2.24, 2.45) is 11.8 Å². The number of terminal acetylenes is 1. The van der Waals surface area contributed by atoms with E-state index in [0.717, 1.165) is 37.3 Å². The van der Waals surface area contributed by atoms with Crippen LogP contribution in [0.15, 0.2) is 16.3 Å². The zero-order valence-electron chi connectivity index (χ0n) is 15.7. The summed E-state index contributed by atoms with van der Waals surface area (Å²) in [5, 5.41) is 0. The second kappa shape index (κ2) is 9.59. The molecule has 28 heavy (non-hydrogen) atoms. The van der Waals surface area contributed by atoms with Crippen LogP contribution in [0.3, 0.4) is 0 Å². The Balaban J connectivity index is 1.47. The van der Waals surface area contributed by atoms with Crippen LogP contribution in [0, 0.1) is 24.2 Å². The van der Waals surface area contributed by atoms with Gasteiger partial charge in [0, 0.05) is 32.1 Å². The average molecular weight is 445 g/mol. The van der Waals surface area contributed by atoms with E-state index in [1.807, 2.05) is 4.90 Å². The zero-order valence-corrected chi connectivity index (χ0v) is 18.1. The van der Waals surface area contributed by atoms with Crippen molar-refractivity contribution in [1.29, 1.82) is 0 Å². The van der Waals surface area contributed by atoms with Crippen molar-refractivity contribution in [2.45, 2.75) is 29.9 Å². The predicted molar refractivity (Wildman–Crippen MR) is 110 cm³/mol. The molecule has 2 aliphatic heterocycles. The maximum Gasteiger partial charge on any atom is 0.252 e. The van der Waals surface area contributed by atoms with Gasteiger partial charge in [0.15, 0.2) is 0 Å². The van der Waals surface area contributed by atoms with Gasteiger partial charge in [0.05, 0.1) is 10.9 Å². The zero-order chi connectivity index (χ0) is 20.1. The van der Waals surface area contributed by atoms with Crippen LogP contribution in [0.4, 0.5) is 0 Å². The lowest BCUT2D eigenvalue weighted by molar-refractivity contribution is -0.138. The summed E-state index contributed by atoms with van der Waals surface area (Å²) in [6, 6.07) is 3.13. The third-order valence-corrected chi connectivity index (χ3v) is 9.01. The summed E-state index contributed by atoms with van der Waals surface area (Å²) in [4.78, 5) is 14.8. The molecule has 6 nitrogen and oxygen atoms in total. The van der Waals surface area contributed by atoms with Gasteiger partial charge in [0.25, 0.3) is 10.0 Å². The molecule has 0 aromatic carbocycles. The highest BCUT2D eigenvalue weighted by molar-refractivity contribution is 7.91. The molecule has 154 valence electrons. The van der Waals surface area contributed by atoms with E-state index >= 15 is 0 Å². The predicted octanol–water partition coefficient (Wildman–Crippen LogP) is 2.69. The number of amides is 1. The smallest absolute Gasteiger partial charge is 0.252 e. The summed E-state index contributed by atoms with van der Waals surface area (Å²) in [6.07, 6.45) is 8.14. The Morgan fingerprint density at radius 1 is 1.21 bits per heavy atom. The lowest BCUT2D eigenvalue weighted by Gasteiger charge is -2.36. The van der Waals surface area contributed by atoms with Crippen LogP contribution in [-0.2, 0) is 19.6 Å². The van der Waals surface area contributed by atoms with Gasteiger partial charge in [-0.05, 0) is 43.7 Å². The number of carbonyl (C=O) groups excluding carboxylic acids is 1. The summed E-state index contributed by atoms with van der Waals surface area (Å²) in [7, 11) is -3.52. The molecule has 2 saturated heterocycles. The highest BCUT2D eigenvalue weighted by atomic mass is 35.5. The van der Waals surface area contributed by atoms with Gasteiger partial charge in [-0.25, -0.2) is 8.42 Å². The van der Waals surface area contributed by atoms with Crippen LogP contribution in [0.1, 0.15) is 25.7 Å². The standard InChI is InChI=1S/C19H25ClN2O4S2/c1-2-13-26-14-15-5-9-21(10-6-15)19(23)16-7-11-22(12-8-16)28(24,25)18-4-3-17(20)27-18/h1,3-4,15-16H,5-14H2. The molecule has 1 aromatic rings. The molecule has 2 fully saturated rings. The highest BCUT2D eigenvalue weighted by Gasteiger charge is 2.35. The molecule has 0 aliphatic carbocycles. The van der Waals surface area contributed by atoms with E-state index in [4.69, 9.17) is 22.8 Å². The van der Waals surface area contributed by atoms with Crippen LogP contribution in [-0.4, -0.2) is 62.9 Å². The van der Waals surface area contributed by atoms with Crippen molar-refractivity contribution in [1.82, 2.24) is 9.21 Å². The number of carbonyl (C=O) groups is 1. The van der Waals surface area contributed by atoms with Gasteiger partial charge in [-0.1, -0.05) is 17.5 Å². The number of hydrogen-bond acceptors (Lipinski definition) is 5. The van der Waals surface area contributed by atoms with E-state index in [9.17, 15) is 13.2 Å². The molecule has 1 amide bonds. The van der Waals surface area contributed by atoms with Gasteiger partial charge in [-0.2, -0.15) is 4.31 Å². The molecule has 3 heterocycles. The Bertz CT molecular complexity index is 817. The van der Waals surface area contributed by atoms with Crippen LogP contribution >= 0.6 is 22.9 Å². The average Bonchev–Trinajstić information content (AvgIpc) is 3.15. The summed E-state index contributed by atoms with van der Waals surface area (Å²) in [5.41, 5.74) is 0. The first-order chi connectivity index (χ1) is 13.4. The minimum absolute atomic E-state index is 0.104. The topological polar surface area (TPSA) is 66.9 Å². The maximum absolute atomic E-state index is 12.8. The number of halogens is 1. The largest absolute Gasteiger partial charge is 0.369 e. The fourth-order valence-electron chi connectivity index (χ4n) is 3.77. The number of thiophene rings is 1. The van der Waals surface area contributed by atoms with E-state index in [0.29, 0.717) is 49.4 Å². The van der Waals surface area contributed by atoms with E-state index in [1.54, 1.807) is 6.07 Å². The first-order valence-corrected chi connectivity index (χ1v) is 12.1. The number of piperidine rings is 2. The Morgan fingerprint density at radius 3 is 2.46 bits per heavy atom. The summed E-state index contributed by atoms with van der Waals surface area (Å²) >= 11 is 6.94. The number of ether oxygens (including phenoxy) is 1. The Morgan fingerprint density at radius 2 is 1.89 bits per heavy atom. The molecule has 0 saturated carbocycles. The van der Waals surface area contributed by atoms with Crippen molar-refractivity contribution in [2.75, 3.05) is 39.4 Å². The van der Waals surface area contributed by atoms with Crippen molar-refractivity contribution >= 4 is 38.9 Å². The third-order valence-electron chi connectivity index (χ3n) is 5.41. The molecule has 0 spiro atoms. The fraction of sp³-hybridized carbons (Fsp3) is 0.632. The molecule has 0 atom stereocenters. The van der Waals surface area contributed by atoms with Crippen LogP contribution in [0.2, 0.25) is 4.34 Å². The van der Waals surface area contributed by atoms with Crippen LogP contribution in [0.25, 0.3) is 0 Å². The number of nitrogens with zero attached hydrogens (tertiary/aromatic N) is 2. The first kappa shape index (κ1) is 21.6. The molecule has 0 unspecified atom stereocenters. The number of likely N-dealkylation sites (tertiary alicyclic amines) is 1. The molecular formula is C19H25ClN2O4S2. The Labute approximate surface area is 175 Å². The molecule has 9 heteroatoms. The van der Waals surface area contributed by atoms with E-state index in [1.165, 1.54) is 10.4 Å². The molecule has 0 radical (unpaired) electrons. The van der Waals surface area contributed by atoms with Crippen molar-refractivity contribution in [3.05, 3.63) is 16.5 Å². The maximum atomic E-state index is 12.8. The number of sulfonamides is 1. The van der Waals surface area contributed by atoms with Crippen molar-refractivity contribution < 1.29 is 17.9 Å².